The van der Waals surface area contributed by atoms with Gasteiger partial charge in [-0.2, -0.15) is 0 Å². The van der Waals surface area contributed by atoms with Gasteiger partial charge in [-0.05, 0) is 66.8 Å². The van der Waals surface area contributed by atoms with E-state index in [1.54, 1.807) is 12.5 Å². The van der Waals surface area contributed by atoms with Gasteiger partial charge in [0, 0.05) is 48.2 Å². The zero-order valence-corrected chi connectivity index (χ0v) is 19.1. The lowest BCUT2D eigenvalue weighted by molar-refractivity contribution is -0.138. The Labute approximate surface area is 196 Å². The van der Waals surface area contributed by atoms with E-state index in [0.29, 0.717) is 42.3 Å². The molecule has 0 aliphatic heterocycles. The molecule has 1 unspecified atom stereocenters. The molecule has 0 saturated heterocycles. The van der Waals surface area contributed by atoms with Gasteiger partial charge in [0.05, 0.1) is 11.8 Å². The minimum Gasteiger partial charge on any atom is -0.481 e. The van der Waals surface area contributed by atoms with Crippen LogP contribution in [0.15, 0.2) is 49.1 Å². The normalized spacial score (nSPS) is 15.9. The average Bonchev–Trinajstić information content (AvgIpc) is 3.37. The van der Waals surface area contributed by atoms with E-state index in [0.717, 1.165) is 41.4 Å². The van der Waals surface area contributed by atoms with Crippen molar-refractivity contribution in [2.75, 3.05) is 0 Å². The smallest absolute Gasteiger partial charge is 0.303 e. The van der Waals surface area contributed by atoms with Crippen molar-refractivity contribution in [2.45, 2.75) is 52.0 Å². The van der Waals surface area contributed by atoms with Crippen LogP contribution in [0.1, 0.15) is 48.6 Å². The van der Waals surface area contributed by atoms with Crippen molar-refractivity contribution in [3.8, 4) is 5.69 Å². The zero-order chi connectivity index (χ0) is 23.8. The summed E-state index contributed by atoms with van der Waals surface area (Å²) in [6.07, 6.45) is 8.72. The zero-order valence-electron chi connectivity index (χ0n) is 19.1. The number of imidazole rings is 1. The molecule has 2 heterocycles. The summed E-state index contributed by atoms with van der Waals surface area (Å²) in [4.78, 5) is 15.5. The Kier molecular flexibility index (Phi) is 5.94. The van der Waals surface area contributed by atoms with Crippen molar-refractivity contribution in [3.05, 3.63) is 83.1 Å². The molecule has 34 heavy (non-hydrogen) atoms. The van der Waals surface area contributed by atoms with Crippen molar-refractivity contribution >= 4 is 16.9 Å². The summed E-state index contributed by atoms with van der Waals surface area (Å²) in [5, 5.41) is 10.1. The summed E-state index contributed by atoms with van der Waals surface area (Å²) < 4.78 is 34.0. The van der Waals surface area contributed by atoms with Gasteiger partial charge in [-0.25, -0.2) is 13.8 Å². The number of aryl methyl sites for hydroxylation is 2. The SMILES string of the molecule is CCc1c(F)cc(F)c2c1c1c(n2Cc2ccc(-n3ccnc3)cc2)CC(CC(=O)O)CCC1. The first-order chi connectivity index (χ1) is 16.5. The molecule has 1 N–H and O–H groups in total. The number of nitrogens with zero attached hydrogens (tertiary/aromatic N) is 3. The summed E-state index contributed by atoms with van der Waals surface area (Å²) in [5.74, 6) is -1.92. The second-order valence-electron chi connectivity index (χ2n) is 9.10. The number of fused-ring (bicyclic) bond motifs is 3. The number of carboxylic acids is 1. The number of carbonyl (C=O) groups is 1. The van der Waals surface area contributed by atoms with Crippen molar-refractivity contribution in [3.63, 3.8) is 0 Å². The molecular weight excluding hydrogens is 436 g/mol. The van der Waals surface area contributed by atoms with Crippen LogP contribution in [0.25, 0.3) is 16.6 Å². The van der Waals surface area contributed by atoms with Crippen LogP contribution in [0.2, 0.25) is 0 Å². The molecule has 1 aliphatic carbocycles. The molecule has 2 aromatic carbocycles. The fourth-order valence-electron chi connectivity index (χ4n) is 5.43. The largest absolute Gasteiger partial charge is 0.481 e. The number of rotatable bonds is 6. The highest BCUT2D eigenvalue weighted by Gasteiger charge is 2.28. The lowest BCUT2D eigenvalue weighted by Crippen LogP contribution is -2.13. The van der Waals surface area contributed by atoms with Gasteiger partial charge in [0.15, 0.2) is 0 Å². The molecule has 7 heteroatoms. The van der Waals surface area contributed by atoms with Crippen LogP contribution in [0.4, 0.5) is 8.78 Å². The van der Waals surface area contributed by atoms with E-state index in [9.17, 15) is 14.3 Å². The second kappa shape index (κ2) is 9.05. The fraction of sp³-hybridized carbons (Fsp3) is 0.333. The van der Waals surface area contributed by atoms with Gasteiger partial charge in [-0.3, -0.25) is 4.79 Å². The quantitative estimate of drug-likeness (QED) is 0.374. The molecule has 0 spiro atoms. The minimum atomic E-state index is -0.822. The molecular formula is C27H27F2N3O2. The van der Waals surface area contributed by atoms with E-state index in [-0.39, 0.29) is 12.3 Å². The first-order valence-corrected chi connectivity index (χ1v) is 11.8. The maximum Gasteiger partial charge on any atom is 0.303 e. The number of hydrogen-bond donors (Lipinski definition) is 1. The number of carboxylic acid groups (broad SMARTS) is 1. The third-order valence-electron chi connectivity index (χ3n) is 6.97. The topological polar surface area (TPSA) is 60.0 Å². The van der Waals surface area contributed by atoms with Crippen molar-refractivity contribution < 1.29 is 18.7 Å². The average molecular weight is 464 g/mol. The van der Waals surface area contributed by atoms with Crippen LogP contribution < -0.4 is 0 Å². The molecule has 2 aromatic heterocycles. The molecule has 1 aliphatic rings. The summed E-state index contributed by atoms with van der Waals surface area (Å²) in [7, 11) is 0. The standard InChI is InChI=1S/C27H27F2N3O2/c1-2-20-22(28)14-23(29)27-26(20)21-5-3-4-18(13-25(33)34)12-24(21)32(27)15-17-6-8-19(9-7-17)31-11-10-30-16-31/h6-11,14,16,18H,2-5,12-13,15H2,1H3,(H,33,34). The summed E-state index contributed by atoms with van der Waals surface area (Å²) in [6, 6.07) is 8.97. The van der Waals surface area contributed by atoms with Gasteiger partial charge in [-0.1, -0.05) is 19.1 Å². The van der Waals surface area contributed by atoms with Gasteiger partial charge in [0.1, 0.15) is 11.6 Å². The highest BCUT2D eigenvalue weighted by molar-refractivity contribution is 5.90. The fourth-order valence-corrected chi connectivity index (χ4v) is 5.43. The van der Waals surface area contributed by atoms with Crippen LogP contribution in [0.5, 0.6) is 0 Å². The van der Waals surface area contributed by atoms with Crippen LogP contribution >= 0.6 is 0 Å². The molecule has 176 valence electrons. The highest BCUT2D eigenvalue weighted by Crippen LogP contribution is 2.38. The molecule has 5 nitrogen and oxygen atoms in total. The van der Waals surface area contributed by atoms with Gasteiger partial charge in [0.25, 0.3) is 0 Å². The third kappa shape index (κ3) is 4.00. The highest BCUT2D eigenvalue weighted by atomic mass is 19.1. The monoisotopic (exact) mass is 463 g/mol. The van der Waals surface area contributed by atoms with E-state index >= 15 is 4.39 Å². The molecule has 0 saturated carbocycles. The summed E-state index contributed by atoms with van der Waals surface area (Å²) >= 11 is 0. The Morgan fingerprint density at radius 1 is 1.21 bits per heavy atom. The van der Waals surface area contributed by atoms with E-state index in [1.807, 2.05) is 46.5 Å². The molecule has 5 rings (SSSR count). The van der Waals surface area contributed by atoms with Gasteiger partial charge >= 0.3 is 5.97 Å². The molecule has 0 amide bonds. The predicted octanol–water partition coefficient (Wildman–Crippen LogP) is 5.69. The Morgan fingerprint density at radius 2 is 2.00 bits per heavy atom. The first kappa shape index (κ1) is 22.3. The molecule has 1 atom stereocenters. The lowest BCUT2D eigenvalue weighted by atomic mass is 9.96. The first-order valence-electron chi connectivity index (χ1n) is 11.8. The van der Waals surface area contributed by atoms with E-state index in [4.69, 9.17) is 0 Å². The Hall–Kier alpha value is -3.48. The maximum atomic E-state index is 15.3. The Bertz CT molecular complexity index is 1340. The van der Waals surface area contributed by atoms with Crippen molar-refractivity contribution in [2.24, 2.45) is 5.92 Å². The van der Waals surface area contributed by atoms with Crippen molar-refractivity contribution in [1.29, 1.82) is 0 Å². The van der Waals surface area contributed by atoms with Crippen molar-refractivity contribution in [1.82, 2.24) is 14.1 Å². The Morgan fingerprint density at radius 3 is 2.68 bits per heavy atom. The van der Waals surface area contributed by atoms with Gasteiger partial charge in [0.2, 0.25) is 0 Å². The molecule has 0 bridgehead atoms. The predicted molar refractivity (Wildman–Crippen MR) is 126 cm³/mol. The van der Waals surface area contributed by atoms with E-state index in [2.05, 4.69) is 4.98 Å². The molecule has 0 fully saturated rings. The van der Waals surface area contributed by atoms with E-state index < -0.39 is 17.6 Å². The summed E-state index contributed by atoms with van der Waals surface area (Å²) in [6.45, 7) is 2.32. The lowest BCUT2D eigenvalue weighted by Gasteiger charge is -2.16. The van der Waals surface area contributed by atoms with Crippen LogP contribution in [-0.2, 0) is 30.6 Å². The van der Waals surface area contributed by atoms with E-state index in [1.165, 1.54) is 0 Å². The third-order valence-corrected chi connectivity index (χ3v) is 6.97. The van der Waals surface area contributed by atoms with Crippen LogP contribution in [0, 0.1) is 17.6 Å². The summed E-state index contributed by atoms with van der Waals surface area (Å²) in [5.41, 5.74) is 4.85. The second-order valence-corrected chi connectivity index (χ2v) is 9.10. The van der Waals surface area contributed by atoms with Gasteiger partial charge in [-0.15, -0.1) is 0 Å². The maximum absolute atomic E-state index is 15.3. The van der Waals surface area contributed by atoms with Gasteiger partial charge < -0.3 is 14.2 Å². The number of halogens is 2. The number of aliphatic carboxylic acids is 1. The number of benzene rings is 2. The number of aromatic nitrogens is 3. The van der Waals surface area contributed by atoms with Crippen LogP contribution in [-0.4, -0.2) is 25.2 Å². The minimum absolute atomic E-state index is 0.0246. The van der Waals surface area contributed by atoms with Crippen LogP contribution in [0.3, 0.4) is 0 Å². The molecule has 0 radical (unpaired) electrons. The number of hydrogen-bond acceptors (Lipinski definition) is 2. The molecule has 4 aromatic rings. The Balaban J connectivity index is 1.64.